The number of nitro benzene ring substituents is 1. The van der Waals surface area contributed by atoms with Crippen molar-refractivity contribution in [2.45, 2.75) is 63.0 Å². The molecule has 0 heterocycles. The van der Waals surface area contributed by atoms with Crippen LogP contribution in [0, 0.1) is 17.0 Å². The summed E-state index contributed by atoms with van der Waals surface area (Å²) in [6.07, 6.45) is 4.16. The van der Waals surface area contributed by atoms with Gasteiger partial charge in [0.15, 0.2) is 6.10 Å². The summed E-state index contributed by atoms with van der Waals surface area (Å²) in [7, 11) is -4.10. The Hall–Kier alpha value is -3.47. The number of hydrogen-bond acceptors (Lipinski definition) is 7. The molecule has 2 N–H and O–H groups in total. The SMILES string of the molecule is Cc1ccc([N+](=O)[O-])cc1S(=O)(=O)Nc1ccc(C(=O)OC(C)C(=O)NC2CCCCC2)cc1. The topological polar surface area (TPSA) is 145 Å². The molecule has 34 heavy (non-hydrogen) atoms. The van der Waals surface area contributed by atoms with Crippen molar-refractivity contribution in [3.8, 4) is 0 Å². The van der Waals surface area contributed by atoms with Crippen molar-refractivity contribution < 1.29 is 27.7 Å². The highest BCUT2D eigenvalue weighted by Crippen LogP contribution is 2.24. The smallest absolute Gasteiger partial charge is 0.338 e. The summed E-state index contributed by atoms with van der Waals surface area (Å²) in [4.78, 5) is 34.8. The molecule has 3 rings (SSSR count). The molecule has 0 aliphatic heterocycles. The van der Waals surface area contributed by atoms with Gasteiger partial charge >= 0.3 is 5.97 Å². The zero-order valence-corrected chi connectivity index (χ0v) is 19.8. The Labute approximate surface area is 197 Å². The summed E-state index contributed by atoms with van der Waals surface area (Å²) in [6, 6.07) is 9.15. The standard InChI is InChI=1S/C23H27N3O7S/c1-15-8-13-20(26(29)30)14-21(15)34(31,32)25-19-11-9-17(10-12-19)23(28)33-16(2)22(27)24-18-6-4-3-5-7-18/h8-14,16,18,25H,3-7H2,1-2H3,(H,24,27). The maximum absolute atomic E-state index is 12.7. The zero-order valence-electron chi connectivity index (χ0n) is 18.9. The van der Waals surface area contributed by atoms with E-state index < -0.39 is 27.0 Å². The highest BCUT2D eigenvalue weighted by molar-refractivity contribution is 7.92. The lowest BCUT2D eigenvalue weighted by Crippen LogP contribution is -2.42. The number of non-ortho nitro benzene ring substituents is 1. The molecule has 0 bridgehead atoms. The first-order valence-electron chi connectivity index (χ1n) is 11.0. The van der Waals surface area contributed by atoms with Gasteiger partial charge in [0.05, 0.1) is 15.4 Å². The molecule has 0 saturated heterocycles. The Bertz CT molecular complexity index is 1170. The van der Waals surface area contributed by atoms with Crippen LogP contribution in [0.5, 0.6) is 0 Å². The molecule has 0 spiro atoms. The number of nitrogens with one attached hydrogen (secondary N) is 2. The number of anilines is 1. The number of hydrogen-bond donors (Lipinski definition) is 2. The lowest BCUT2D eigenvalue weighted by atomic mass is 9.95. The number of sulfonamides is 1. The van der Waals surface area contributed by atoms with E-state index in [-0.39, 0.29) is 33.8 Å². The quantitative estimate of drug-likeness (QED) is 0.327. The molecule has 1 aliphatic rings. The van der Waals surface area contributed by atoms with Crippen LogP contribution in [0.3, 0.4) is 0 Å². The third-order valence-corrected chi connectivity index (χ3v) is 7.17. The molecule has 0 radical (unpaired) electrons. The molecule has 1 atom stereocenters. The fraction of sp³-hybridized carbons (Fsp3) is 0.391. The monoisotopic (exact) mass is 489 g/mol. The first-order valence-corrected chi connectivity index (χ1v) is 12.4. The van der Waals surface area contributed by atoms with Crippen molar-refractivity contribution in [2.75, 3.05) is 4.72 Å². The highest BCUT2D eigenvalue weighted by Gasteiger charge is 2.24. The molecule has 0 aromatic heterocycles. The van der Waals surface area contributed by atoms with Crippen molar-refractivity contribution in [3.63, 3.8) is 0 Å². The molecule has 1 amide bonds. The Kier molecular flexibility index (Phi) is 7.87. The zero-order chi connectivity index (χ0) is 24.9. The van der Waals surface area contributed by atoms with E-state index in [1.807, 2.05) is 0 Å². The van der Waals surface area contributed by atoms with E-state index >= 15 is 0 Å². The third kappa shape index (κ3) is 6.31. The number of esters is 1. The van der Waals surface area contributed by atoms with Gasteiger partial charge < -0.3 is 10.1 Å². The van der Waals surface area contributed by atoms with E-state index in [1.165, 1.54) is 50.2 Å². The second kappa shape index (κ2) is 10.6. The Morgan fingerprint density at radius 1 is 1.09 bits per heavy atom. The van der Waals surface area contributed by atoms with Gasteiger partial charge in [0, 0.05) is 23.9 Å². The highest BCUT2D eigenvalue weighted by atomic mass is 32.2. The van der Waals surface area contributed by atoms with Crippen LogP contribution in [0.4, 0.5) is 11.4 Å². The summed E-state index contributed by atoms with van der Waals surface area (Å²) in [6.45, 7) is 3.03. The summed E-state index contributed by atoms with van der Waals surface area (Å²) in [5.41, 5.74) is 0.307. The number of carbonyl (C=O) groups is 2. The number of rotatable bonds is 8. The van der Waals surface area contributed by atoms with Crippen LogP contribution in [0.1, 0.15) is 54.9 Å². The second-order valence-corrected chi connectivity index (χ2v) is 9.93. The Balaban J connectivity index is 1.63. The van der Waals surface area contributed by atoms with Crippen LogP contribution < -0.4 is 10.0 Å². The van der Waals surface area contributed by atoms with Gasteiger partial charge in [-0.1, -0.05) is 25.3 Å². The number of carbonyl (C=O) groups excluding carboxylic acids is 2. The first-order chi connectivity index (χ1) is 16.1. The van der Waals surface area contributed by atoms with Gasteiger partial charge in [0.1, 0.15) is 0 Å². The molecule has 1 aliphatic carbocycles. The van der Waals surface area contributed by atoms with E-state index in [2.05, 4.69) is 10.0 Å². The normalized spacial score (nSPS) is 15.2. The van der Waals surface area contributed by atoms with Crippen LogP contribution in [0.15, 0.2) is 47.4 Å². The van der Waals surface area contributed by atoms with Gasteiger partial charge in [0.2, 0.25) is 0 Å². The minimum atomic E-state index is -4.10. The molecule has 1 fully saturated rings. The number of nitrogens with zero attached hydrogens (tertiary/aromatic N) is 1. The summed E-state index contributed by atoms with van der Waals surface area (Å²) < 4.78 is 33.1. The molecule has 1 saturated carbocycles. The molecular weight excluding hydrogens is 462 g/mol. The van der Waals surface area contributed by atoms with Gasteiger partial charge in [0.25, 0.3) is 21.6 Å². The maximum atomic E-state index is 12.7. The molecule has 182 valence electrons. The van der Waals surface area contributed by atoms with E-state index in [9.17, 15) is 28.1 Å². The van der Waals surface area contributed by atoms with E-state index in [1.54, 1.807) is 0 Å². The second-order valence-electron chi connectivity index (χ2n) is 8.28. The van der Waals surface area contributed by atoms with Crippen molar-refractivity contribution in [2.24, 2.45) is 0 Å². The van der Waals surface area contributed by atoms with Crippen LogP contribution in [0.2, 0.25) is 0 Å². The van der Waals surface area contributed by atoms with Crippen LogP contribution in [-0.2, 0) is 19.6 Å². The Morgan fingerprint density at radius 2 is 1.74 bits per heavy atom. The lowest BCUT2D eigenvalue weighted by Gasteiger charge is -2.24. The summed E-state index contributed by atoms with van der Waals surface area (Å²) in [5.74, 6) is -1.06. The number of nitro groups is 1. The molecule has 10 nitrogen and oxygen atoms in total. The fourth-order valence-electron chi connectivity index (χ4n) is 3.72. The van der Waals surface area contributed by atoms with E-state index in [0.29, 0.717) is 5.56 Å². The number of amides is 1. The number of ether oxygens (including phenoxy) is 1. The minimum Gasteiger partial charge on any atom is -0.449 e. The summed E-state index contributed by atoms with van der Waals surface area (Å²) in [5, 5.41) is 13.9. The van der Waals surface area contributed by atoms with Gasteiger partial charge in [-0.05, 0) is 56.5 Å². The average Bonchev–Trinajstić information content (AvgIpc) is 2.79. The van der Waals surface area contributed by atoms with E-state index in [0.717, 1.165) is 38.2 Å². The van der Waals surface area contributed by atoms with Gasteiger partial charge in [-0.3, -0.25) is 19.6 Å². The maximum Gasteiger partial charge on any atom is 0.338 e. The molecule has 11 heteroatoms. The van der Waals surface area contributed by atoms with Crippen LogP contribution in [-0.4, -0.2) is 37.4 Å². The molecule has 2 aromatic carbocycles. The molecule has 1 unspecified atom stereocenters. The third-order valence-electron chi connectivity index (χ3n) is 5.65. The molecular formula is C23H27N3O7S. The predicted molar refractivity (Wildman–Crippen MR) is 125 cm³/mol. The van der Waals surface area contributed by atoms with E-state index in [4.69, 9.17) is 4.74 Å². The average molecular weight is 490 g/mol. The number of aryl methyl sites for hydroxylation is 1. The Morgan fingerprint density at radius 3 is 2.35 bits per heavy atom. The van der Waals surface area contributed by atoms with Gasteiger partial charge in [-0.25, -0.2) is 13.2 Å². The summed E-state index contributed by atoms with van der Waals surface area (Å²) >= 11 is 0. The van der Waals surface area contributed by atoms with Crippen molar-refractivity contribution >= 4 is 33.3 Å². The van der Waals surface area contributed by atoms with Crippen LogP contribution in [0.25, 0.3) is 0 Å². The minimum absolute atomic E-state index is 0.101. The van der Waals surface area contributed by atoms with Gasteiger partial charge in [-0.2, -0.15) is 0 Å². The lowest BCUT2D eigenvalue weighted by molar-refractivity contribution is -0.385. The van der Waals surface area contributed by atoms with Crippen molar-refractivity contribution in [3.05, 3.63) is 63.7 Å². The molecule has 2 aromatic rings. The van der Waals surface area contributed by atoms with Crippen molar-refractivity contribution in [1.82, 2.24) is 5.32 Å². The largest absolute Gasteiger partial charge is 0.449 e. The predicted octanol–water partition coefficient (Wildman–Crippen LogP) is 3.70. The fourth-order valence-corrected chi connectivity index (χ4v) is 5.05. The van der Waals surface area contributed by atoms with Crippen LogP contribution >= 0.6 is 0 Å². The first kappa shape index (κ1) is 25.2. The van der Waals surface area contributed by atoms with Gasteiger partial charge in [-0.15, -0.1) is 0 Å². The number of benzene rings is 2. The van der Waals surface area contributed by atoms with Crippen molar-refractivity contribution in [1.29, 1.82) is 0 Å².